The predicted molar refractivity (Wildman–Crippen MR) is 115 cm³/mol. The van der Waals surface area contributed by atoms with Crippen LogP contribution >= 0.6 is 15.9 Å². The van der Waals surface area contributed by atoms with Gasteiger partial charge in [-0.05, 0) is 37.3 Å². The summed E-state index contributed by atoms with van der Waals surface area (Å²) in [7, 11) is 0. The Morgan fingerprint density at radius 2 is 1.87 bits per heavy atom. The summed E-state index contributed by atoms with van der Waals surface area (Å²) in [5.41, 5.74) is 0.0128. The van der Waals surface area contributed by atoms with Crippen molar-refractivity contribution >= 4 is 44.8 Å². The van der Waals surface area contributed by atoms with Crippen LogP contribution in [0.2, 0.25) is 0 Å². The zero-order valence-electron chi connectivity index (χ0n) is 16.1. The second-order valence-electron chi connectivity index (χ2n) is 6.90. The van der Waals surface area contributed by atoms with Crippen LogP contribution in [-0.4, -0.2) is 21.7 Å². The molecular weight excluding hydrogens is 468 g/mol. The highest BCUT2D eigenvalue weighted by Gasteiger charge is 2.48. The maximum atomic E-state index is 13.0. The van der Waals surface area contributed by atoms with Gasteiger partial charge in [0.25, 0.3) is 17.4 Å². The van der Waals surface area contributed by atoms with Crippen LogP contribution in [0.3, 0.4) is 0 Å². The summed E-state index contributed by atoms with van der Waals surface area (Å²) in [5.74, 6) is -1.43. The second-order valence-corrected chi connectivity index (χ2v) is 7.82. The predicted octanol–water partition coefficient (Wildman–Crippen LogP) is 4.89. The Morgan fingerprint density at radius 1 is 1.13 bits per heavy atom. The Morgan fingerprint density at radius 3 is 2.52 bits per heavy atom. The van der Waals surface area contributed by atoms with E-state index in [1.165, 1.54) is 23.1 Å². The van der Waals surface area contributed by atoms with Crippen LogP contribution in [0.1, 0.15) is 23.1 Å². The maximum Gasteiger partial charge on any atom is 0.300 e. The van der Waals surface area contributed by atoms with Gasteiger partial charge in [0, 0.05) is 27.9 Å². The van der Waals surface area contributed by atoms with Crippen LogP contribution < -0.4 is 4.90 Å². The van der Waals surface area contributed by atoms with E-state index in [1.54, 1.807) is 43.3 Å². The number of carbonyl (C=O) groups is 2. The molecule has 2 heterocycles. The SMILES string of the molecule is Cc1ccc(C2/C(=C(/O)c3cccc([N+](=O)[O-])c3)C(=O)C(=O)N2c2cccc(Br)c2)o1. The van der Waals surface area contributed by atoms with Crippen molar-refractivity contribution in [3.05, 3.63) is 97.9 Å². The molecular formula is C22H15BrN2O6. The number of ketones is 1. The molecule has 0 spiro atoms. The van der Waals surface area contributed by atoms with E-state index in [1.807, 2.05) is 0 Å². The van der Waals surface area contributed by atoms with Crippen LogP contribution in [0, 0.1) is 17.0 Å². The Kier molecular flexibility index (Phi) is 5.20. The number of aryl methyl sites for hydroxylation is 1. The minimum Gasteiger partial charge on any atom is -0.507 e. The van der Waals surface area contributed by atoms with E-state index in [2.05, 4.69) is 15.9 Å². The molecule has 1 aliphatic heterocycles. The quantitative estimate of drug-likeness (QED) is 0.186. The molecule has 1 saturated heterocycles. The van der Waals surface area contributed by atoms with Gasteiger partial charge >= 0.3 is 0 Å². The number of benzene rings is 2. The van der Waals surface area contributed by atoms with Crippen molar-refractivity contribution in [1.82, 2.24) is 0 Å². The molecule has 1 N–H and O–H groups in total. The number of anilines is 1. The molecule has 1 fully saturated rings. The third-order valence-corrected chi connectivity index (χ3v) is 5.39. The monoisotopic (exact) mass is 482 g/mol. The summed E-state index contributed by atoms with van der Waals surface area (Å²) < 4.78 is 6.41. The van der Waals surface area contributed by atoms with E-state index in [9.17, 15) is 24.8 Å². The first-order valence-electron chi connectivity index (χ1n) is 9.15. The van der Waals surface area contributed by atoms with E-state index < -0.39 is 28.4 Å². The van der Waals surface area contributed by atoms with E-state index in [0.29, 0.717) is 15.9 Å². The second kappa shape index (κ2) is 7.84. The van der Waals surface area contributed by atoms with Crippen molar-refractivity contribution in [3.8, 4) is 0 Å². The lowest BCUT2D eigenvalue weighted by Gasteiger charge is -2.23. The Hall–Kier alpha value is -3.72. The number of amides is 1. The van der Waals surface area contributed by atoms with Gasteiger partial charge in [-0.1, -0.05) is 34.1 Å². The molecule has 0 radical (unpaired) electrons. The summed E-state index contributed by atoms with van der Waals surface area (Å²) in [6.07, 6.45) is 0. The lowest BCUT2D eigenvalue weighted by Crippen LogP contribution is -2.29. The number of aliphatic hydroxyl groups is 1. The fourth-order valence-electron chi connectivity index (χ4n) is 3.52. The van der Waals surface area contributed by atoms with E-state index in [-0.39, 0.29) is 22.6 Å². The van der Waals surface area contributed by atoms with Gasteiger partial charge in [-0.15, -0.1) is 0 Å². The minimum absolute atomic E-state index is 0.0507. The molecule has 1 aliphatic rings. The standard InChI is InChI=1S/C22H15BrN2O6/c1-12-8-9-17(31-12)19-18(20(26)13-4-2-7-16(10-13)25(29)30)21(27)22(28)24(19)15-6-3-5-14(23)11-15/h2-11,19,26H,1H3/b20-18-. The topological polar surface area (TPSA) is 114 Å². The van der Waals surface area contributed by atoms with Crippen LogP contribution in [0.25, 0.3) is 5.76 Å². The van der Waals surface area contributed by atoms with Gasteiger partial charge in [-0.3, -0.25) is 24.6 Å². The molecule has 4 rings (SSSR count). The van der Waals surface area contributed by atoms with Crippen molar-refractivity contribution in [1.29, 1.82) is 0 Å². The average Bonchev–Trinajstić information content (AvgIpc) is 3.28. The Balaban J connectivity index is 1.94. The minimum atomic E-state index is -1.04. The zero-order chi connectivity index (χ0) is 22.3. The molecule has 31 heavy (non-hydrogen) atoms. The number of carbonyl (C=O) groups excluding carboxylic acids is 2. The van der Waals surface area contributed by atoms with Gasteiger partial charge in [-0.2, -0.15) is 0 Å². The first kappa shape index (κ1) is 20.5. The lowest BCUT2D eigenvalue weighted by molar-refractivity contribution is -0.384. The Bertz CT molecular complexity index is 1260. The first-order valence-corrected chi connectivity index (χ1v) is 9.95. The maximum absolute atomic E-state index is 13.0. The zero-order valence-corrected chi connectivity index (χ0v) is 17.7. The highest BCUT2D eigenvalue weighted by atomic mass is 79.9. The van der Waals surface area contributed by atoms with Crippen molar-refractivity contribution in [2.45, 2.75) is 13.0 Å². The average molecular weight is 483 g/mol. The Labute approximate surface area is 184 Å². The van der Waals surface area contributed by atoms with Gasteiger partial charge in [0.1, 0.15) is 23.3 Å². The van der Waals surface area contributed by atoms with E-state index in [4.69, 9.17) is 4.42 Å². The van der Waals surface area contributed by atoms with Crippen molar-refractivity contribution in [2.75, 3.05) is 4.90 Å². The van der Waals surface area contributed by atoms with Crippen LogP contribution in [0.15, 0.2) is 75.1 Å². The molecule has 1 amide bonds. The third kappa shape index (κ3) is 3.64. The molecule has 0 bridgehead atoms. The van der Waals surface area contributed by atoms with Crippen molar-refractivity contribution in [3.63, 3.8) is 0 Å². The molecule has 1 unspecified atom stereocenters. The summed E-state index contributed by atoms with van der Waals surface area (Å²) in [4.78, 5) is 37.8. The lowest BCUT2D eigenvalue weighted by atomic mass is 9.99. The third-order valence-electron chi connectivity index (χ3n) is 4.89. The van der Waals surface area contributed by atoms with Gasteiger partial charge in [0.2, 0.25) is 0 Å². The van der Waals surface area contributed by atoms with Crippen LogP contribution in [0.5, 0.6) is 0 Å². The van der Waals surface area contributed by atoms with Crippen LogP contribution in [-0.2, 0) is 9.59 Å². The molecule has 0 saturated carbocycles. The number of hydrogen-bond donors (Lipinski definition) is 1. The number of halogens is 1. The first-order chi connectivity index (χ1) is 14.8. The summed E-state index contributed by atoms with van der Waals surface area (Å²) >= 11 is 3.36. The molecule has 8 nitrogen and oxygen atoms in total. The molecule has 1 aromatic heterocycles. The summed E-state index contributed by atoms with van der Waals surface area (Å²) in [6, 6.07) is 14.3. The van der Waals surface area contributed by atoms with E-state index >= 15 is 0 Å². The van der Waals surface area contributed by atoms with Gasteiger partial charge < -0.3 is 9.52 Å². The number of Topliss-reactive ketones (excluding diaryl/α,β-unsaturated/α-hetero) is 1. The summed E-state index contributed by atoms with van der Waals surface area (Å²) in [6.45, 7) is 1.72. The number of nitro groups is 1. The number of hydrogen-bond acceptors (Lipinski definition) is 6. The molecule has 156 valence electrons. The van der Waals surface area contributed by atoms with E-state index in [0.717, 1.165) is 6.07 Å². The fraction of sp³-hybridized carbons (Fsp3) is 0.0909. The van der Waals surface area contributed by atoms with Gasteiger partial charge in [-0.25, -0.2) is 0 Å². The molecule has 2 aromatic carbocycles. The number of nitrogens with zero attached hydrogens (tertiary/aromatic N) is 2. The van der Waals surface area contributed by atoms with Crippen molar-refractivity contribution in [2.24, 2.45) is 0 Å². The van der Waals surface area contributed by atoms with Gasteiger partial charge in [0.15, 0.2) is 0 Å². The highest BCUT2D eigenvalue weighted by molar-refractivity contribution is 9.10. The smallest absolute Gasteiger partial charge is 0.300 e. The highest BCUT2D eigenvalue weighted by Crippen LogP contribution is 2.43. The number of non-ortho nitro benzene ring substituents is 1. The fourth-order valence-corrected chi connectivity index (χ4v) is 3.90. The molecule has 0 aliphatic carbocycles. The largest absolute Gasteiger partial charge is 0.507 e. The number of rotatable bonds is 4. The number of aliphatic hydroxyl groups excluding tert-OH is 1. The molecule has 9 heteroatoms. The van der Waals surface area contributed by atoms with Crippen molar-refractivity contribution < 1.29 is 24.0 Å². The van der Waals surface area contributed by atoms with Crippen LogP contribution in [0.4, 0.5) is 11.4 Å². The molecule has 3 aromatic rings. The summed E-state index contributed by atoms with van der Waals surface area (Å²) in [5, 5.41) is 22.1. The van der Waals surface area contributed by atoms with Gasteiger partial charge in [0.05, 0.1) is 10.5 Å². The molecule has 1 atom stereocenters. The normalized spacial score (nSPS) is 17.9. The number of furan rings is 1. The number of nitro benzene ring substituents is 1.